The molecule has 1 aromatic heterocycles. The number of fused-ring (bicyclic) bond motifs is 1. The monoisotopic (exact) mass is 284 g/mol. The maximum absolute atomic E-state index is 11.6. The summed E-state index contributed by atoms with van der Waals surface area (Å²) in [7, 11) is 0. The van der Waals surface area contributed by atoms with Gasteiger partial charge in [-0.05, 0) is 37.9 Å². The Kier molecular flexibility index (Phi) is 4.01. The molecule has 1 fully saturated rings. The van der Waals surface area contributed by atoms with Crippen molar-refractivity contribution in [2.45, 2.75) is 25.3 Å². The van der Waals surface area contributed by atoms with Gasteiger partial charge in [-0.2, -0.15) is 0 Å². The zero-order chi connectivity index (χ0) is 14.7. The number of nitrogens with zero attached hydrogens (tertiary/aromatic N) is 1. The Bertz CT molecular complexity index is 652. The number of aromatic nitrogens is 1. The van der Waals surface area contributed by atoms with Crippen LogP contribution in [-0.4, -0.2) is 30.0 Å². The Labute approximate surface area is 123 Å². The third-order valence-corrected chi connectivity index (χ3v) is 3.65. The molecule has 21 heavy (non-hydrogen) atoms. The standard InChI is InChI=1S/C16H20N4O/c17-16(21)13-10-15(19-9-3-8-18-11-6-7-11)20-14-5-2-1-4-12(13)14/h1-2,4-5,10-11,18H,3,6-9H2,(H2,17,21)(H,19,20). The van der Waals surface area contributed by atoms with Crippen LogP contribution in [0.2, 0.25) is 0 Å². The van der Waals surface area contributed by atoms with Crippen LogP contribution in [0.5, 0.6) is 0 Å². The molecule has 1 aliphatic carbocycles. The topological polar surface area (TPSA) is 80.0 Å². The van der Waals surface area contributed by atoms with Gasteiger partial charge in [0.1, 0.15) is 5.82 Å². The fourth-order valence-electron chi connectivity index (χ4n) is 2.37. The Morgan fingerprint density at radius 1 is 1.29 bits per heavy atom. The summed E-state index contributed by atoms with van der Waals surface area (Å²) < 4.78 is 0. The van der Waals surface area contributed by atoms with E-state index in [1.54, 1.807) is 6.07 Å². The van der Waals surface area contributed by atoms with Crippen LogP contribution >= 0.6 is 0 Å². The first-order valence-corrected chi connectivity index (χ1v) is 7.41. The van der Waals surface area contributed by atoms with Gasteiger partial charge < -0.3 is 16.4 Å². The third kappa shape index (κ3) is 3.49. The van der Waals surface area contributed by atoms with Crippen LogP contribution in [0.3, 0.4) is 0 Å². The van der Waals surface area contributed by atoms with Crippen molar-refractivity contribution in [3.63, 3.8) is 0 Å². The number of hydrogen-bond donors (Lipinski definition) is 3. The van der Waals surface area contributed by atoms with E-state index in [-0.39, 0.29) is 0 Å². The molecule has 1 aliphatic rings. The van der Waals surface area contributed by atoms with Crippen molar-refractivity contribution in [3.8, 4) is 0 Å². The van der Waals surface area contributed by atoms with E-state index in [1.165, 1.54) is 12.8 Å². The fraction of sp³-hybridized carbons (Fsp3) is 0.375. The van der Waals surface area contributed by atoms with Gasteiger partial charge in [-0.3, -0.25) is 4.79 Å². The summed E-state index contributed by atoms with van der Waals surface area (Å²) >= 11 is 0. The molecule has 0 bridgehead atoms. The molecule has 0 aliphatic heterocycles. The van der Waals surface area contributed by atoms with E-state index in [1.807, 2.05) is 24.3 Å². The zero-order valence-corrected chi connectivity index (χ0v) is 11.9. The van der Waals surface area contributed by atoms with E-state index in [9.17, 15) is 4.79 Å². The summed E-state index contributed by atoms with van der Waals surface area (Å²) in [5, 5.41) is 7.53. The summed E-state index contributed by atoms with van der Waals surface area (Å²) in [6.07, 6.45) is 3.64. The molecule has 3 rings (SSSR count). The van der Waals surface area contributed by atoms with Crippen molar-refractivity contribution >= 4 is 22.6 Å². The van der Waals surface area contributed by atoms with E-state index in [2.05, 4.69) is 15.6 Å². The quantitative estimate of drug-likeness (QED) is 0.678. The highest BCUT2D eigenvalue weighted by molar-refractivity contribution is 6.06. The number of rotatable bonds is 7. The van der Waals surface area contributed by atoms with Crippen molar-refractivity contribution in [2.75, 3.05) is 18.4 Å². The minimum atomic E-state index is -0.424. The first-order valence-electron chi connectivity index (χ1n) is 7.41. The van der Waals surface area contributed by atoms with Gasteiger partial charge in [0.05, 0.1) is 11.1 Å². The summed E-state index contributed by atoms with van der Waals surface area (Å²) in [6.45, 7) is 1.83. The predicted molar refractivity (Wildman–Crippen MR) is 84.4 cm³/mol. The number of carbonyl (C=O) groups is 1. The zero-order valence-electron chi connectivity index (χ0n) is 11.9. The SMILES string of the molecule is NC(=O)c1cc(NCCCNC2CC2)nc2ccccc12. The van der Waals surface area contributed by atoms with Crippen molar-refractivity contribution in [3.05, 3.63) is 35.9 Å². The van der Waals surface area contributed by atoms with E-state index < -0.39 is 5.91 Å². The smallest absolute Gasteiger partial charge is 0.249 e. The summed E-state index contributed by atoms with van der Waals surface area (Å²) in [4.78, 5) is 16.1. The highest BCUT2D eigenvalue weighted by Gasteiger charge is 2.19. The molecule has 5 heteroatoms. The number of benzene rings is 1. The predicted octanol–water partition coefficient (Wildman–Crippen LogP) is 1.89. The normalized spacial score (nSPS) is 14.3. The Balaban J connectivity index is 1.67. The average molecular weight is 284 g/mol. The lowest BCUT2D eigenvalue weighted by atomic mass is 10.1. The van der Waals surface area contributed by atoms with Gasteiger partial charge in [0.2, 0.25) is 5.91 Å². The van der Waals surface area contributed by atoms with Gasteiger partial charge in [-0.25, -0.2) is 4.98 Å². The minimum Gasteiger partial charge on any atom is -0.370 e. The summed E-state index contributed by atoms with van der Waals surface area (Å²) in [5.41, 5.74) is 6.76. The molecular formula is C16H20N4O. The van der Waals surface area contributed by atoms with Gasteiger partial charge in [-0.1, -0.05) is 18.2 Å². The van der Waals surface area contributed by atoms with Crippen LogP contribution < -0.4 is 16.4 Å². The van der Waals surface area contributed by atoms with Crippen LogP contribution in [0.25, 0.3) is 10.9 Å². The highest BCUT2D eigenvalue weighted by atomic mass is 16.1. The van der Waals surface area contributed by atoms with E-state index in [4.69, 9.17) is 5.73 Å². The number of anilines is 1. The van der Waals surface area contributed by atoms with Crippen LogP contribution in [-0.2, 0) is 0 Å². The van der Waals surface area contributed by atoms with Crippen LogP contribution in [0, 0.1) is 0 Å². The van der Waals surface area contributed by atoms with Gasteiger partial charge in [0.15, 0.2) is 0 Å². The lowest BCUT2D eigenvalue weighted by Crippen LogP contribution is -2.20. The Hall–Kier alpha value is -2.14. The van der Waals surface area contributed by atoms with Gasteiger partial charge in [0.25, 0.3) is 0 Å². The number of primary amides is 1. The number of hydrogen-bond acceptors (Lipinski definition) is 4. The second-order valence-electron chi connectivity index (χ2n) is 5.45. The van der Waals surface area contributed by atoms with Crippen molar-refractivity contribution in [1.82, 2.24) is 10.3 Å². The number of nitrogens with one attached hydrogen (secondary N) is 2. The lowest BCUT2D eigenvalue weighted by Gasteiger charge is -2.09. The molecule has 0 atom stereocenters. The van der Waals surface area contributed by atoms with Gasteiger partial charge in [-0.15, -0.1) is 0 Å². The van der Waals surface area contributed by atoms with E-state index in [0.717, 1.165) is 36.5 Å². The molecule has 1 amide bonds. The Morgan fingerprint density at radius 2 is 2.10 bits per heavy atom. The van der Waals surface area contributed by atoms with Crippen LogP contribution in [0.1, 0.15) is 29.6 Å². The molecule has 0 radical (unpaired) electrons. The number of carbonyl (C=O) groups excluding carboxylic acids is 1. The highest BCUT2D eigenvalue weighted by Crippen LogP contribution is 2.20. The van der Waals surface area contributed by atoms with Crippen molar-refractivity contribution in [2.24, 2.45) is 5.73 Å². The summed E-state index contributed by atoms with van der Waals surface area (Å²) in [6, 6.07) is 10.0. The molecule has 0 unspecified atom stereocenters. The maximum atomic E-state index is 11.6. The average Bonchev–Trinajstić information content (AvgIpc) is 3.30. The van der Waals surface area contributed by atoms with Crippen LogP contribution in [0.15, 0.2) is 30.3 Å². The maximum Gasteiger partial charge on any atom is 0.249 e. The van der Waals surface area contributed by atoms with Crippen molar-refractivity contribution in [1.29, 1.82) is 0 Å². The number of amides is 1. The largest absolute Gasteiger partial charge is 0.370 e. The molecule has 5 nitrogen and oxygen atoms in total. The second kappa shape index (κ2) is 6.10. The minimum absolute atomic E-state index is 0.424. The number of para-hydroxylation sites is 1. The molecule has 2 aromatic rings. The number of nitrogens with two attached hydrogens (primary N) is 1. The van der Waals surface area contributed by atoms with Crippen LogP contribution in [0.4, 0.5) is 5.82 Å². The Morgan fingerprint density at radius 3 is 2.86 bits per heavy atom. The number of pyridine rings is 1. The fourth-order valence-corrected chi connectivity index (χ4v) is 2.37. The first kappa shape index (κ1) is 13.8. The molecule has 1 heterocycles. The summed E-state index contributed by atoms with van der Waals surface area (Å²) in [5.74, 6) is 0.279. The van der Waals surface area contributed by atoms with Gasteiger partial charge >= 0.3 is 0 Å². The molecule has 1 saturated carbocycles. The molecule has 0 saturated heterocycles. The molecule has 110 valence electrons. The molecular weight excluding hydrogens is 264 g/mol. The van der Waals surface area contributed by atoms with E-state index >= 15 is 0 Å². The third-order valence-electron chi connectivity index (χ3n) is 3.65. The van der Waals surface area contributed by atoms with Crippen molar-refractivity contribution < 1.29 is 4.79 Å². The first-order chi connectivity index (χ1) is 10.2. The molecule has 0 spiro atoms. The van der Waals surface area contributed by atoms with Gasteiger partial charge in [0, 0.05) is 18.0 Å². The van der Waals surface area contributed by atoms with E-state index in [0.29, 0.717) is 11.4 Å². The lowest BCUT2D eigenvalue weighted by molar-refractivity contribution is 0.100. The molecule has 4 N–H and O–H groups in total. The second-order valence-corrected chi connectivity index (χ2v) is 5.45. The molecule has 1 aromatic carbocycles.